The van der Waals surface area contributed by atoms with Crippen LogP contribution in [-0.4, -0.2) is 30.2 Å². The van der Waals surface area contributed by atoms with E-state index in [1.807, 2.05) is 44.2 Å². The number of carbonyl (C=O) groups excluding carboxylic acids is 1. The van der Waals surface area contributed by atoms with E-state index < -0.39 is 0 Å². The Balaban J connectivity index is 2.63. The predicted molar refractivity (Wildman–Crippen MR) is 72.1 cm³/mol. The molecule has 2 N–H and O–H groups in total. The number of nitrogens with zero attached hydrogens (tertiary/aromatic N) is 1. The first-order valence-corrected chi connectivity index (χ1v) is 6.33. The molecule has 100 valence electrons. The van der Waals surface area contributed by atoms with E-state index >= 15 is 0 Å². The van der Waals surface area contributed by atoms with Gasteiger partial charge in [0.2, 0.25) is 0 Å². The molecule has 18 heavy (non-hydrogen) atoms. The highest BCUT2D eigenvalue weighted by molar-refractivity contribution is 5.67. The third kappa shape index (κ3) is 5.19. The predicted octanol–water partition coefficient (Wildman–Crippen LogP) is 2.38. The van der Waals surface area contributed by atoms with Crippen LogP contribution in [0.2, 0.25) is 0 Å². The molecule has 1 rings (SSSR count). The van der Waals surface area contributed by atoms with Gasteiger partial charge < -0.3 is 15.4 Å². The number of ether oxygens (including phenoxy) is 1. The van der Waals surface area contributed by atoms with Crippen molar-refractivity contribution in [3.05, 3.63) is 35.9 Å². The molecule has 0 fully saturated rings. The Morgan fingerprint density at radius 1 is 1.33 bits per heavy atom. The van der Waals surface area contributed by atoms with Crippen molar-refractivity contribution < 1.29 is 9.53 Å². The van der Waals surface area contributed by atoms with Gasteiger partial charge in [-0.3, -0.25) is 0 Å². The van der Waals surface area contributed by atoms with Crippen LogP contribution in [0.4, 0.5) is 4.79 Å². The zero-order valence-corrected chi connectivity index (χ0v) is 11.1. The van der Waals surface area contributed by atoms with Crippen molar-refractivity contribution in [2.45, 2.75) is 32.9 Å². The fraction of sp³-hybridized carbons (Fsp3) is 0.500. The Labute approximate surface area is 109 Å². The number of carbonyl (C=O) groups is 1. The first kappa shape index (κ1) is 14.5. The molecule has 1 aromatic carbocycles. The van der Waals surface area contributed by atoms with Crippen molar-refractivity contribution in [1.82, 2.24) is 4.90 Å². The molecule has 0 spiro atoms. The topological polar surface area (TPSA) is 55.6 Å². The third-order valence-corrected chi connectivity index (χ3v) is 2.44. The third-order valence-electron chi connectivity index (χ3n) is 2.44. The molecule has 0 saturated heterocycles. The van der Waals surface area contributed by atoms with Crippen molar-refractivity contribution in [3.63, 3.8) is 0 Å². The Hall–Kier alpha value is -1.55. The minimum absolute atomic E-state index is 0.103. The largest absolute Gasteiger partial charge is 0.447 e. The zero-order valence-electron chi connectivity index (χ0n) is 11.1. The van der Waals surface area contributed by atoms with Crippen molar-refractivity contribution in [2.75, 3.05) is 13.1 Å². The van der Waals surface area contributed by atoms with E-state index in [2.05, 4.69) is 0 Å². The van der Waals surface area contributed by atoms with Crippen molar-refractivity contribution in [3.8, 4) is 0 Å². The first-order valence-electron chi connectivity index (χ1n) is 6.33. The second-order valence-electron chi connectivity index (χ2n) is 4.48. The summed E-state index contributed by atoms with van der Waals surface area (Å²) in [5.41, 5.74) is 6.59. The number of hydrogen-bond acceptors (Lipinski definition) is 3. The van der Waals surface area contributed by atoms with Crippen LogP contribution in [0.5, 0.6) is 0 Å². The van der Waals surface area contributed by atoms with Crippen molar-refractivity contribution in [1.29, 1.82) is 0 Å². The molecular weight excluding hydrogens is 228 g/mol. The molecule has 0 aliphatic rings. The molecule has 0 aliphatic heterocycles. The van der Waals surface area contributed by atoms with Crippen LogP contribution in [0.15, 0.2) is 30.3 Å². The van der Waals surface area contributed by atoms with Crippen molar-refractivity contribution in [2.24, 2.45) is 5.73 Å². The van der Waals surface area contributed by atoms with Crippen LogP contribution in [0.25, 0.3) is 0 Å². The summed E-state index contributed by atoms with van der Waals surface area (Å²) in [7, 11) is 0. The first-order chi connectivity index (χ1) is 8.63. The molecule has 1 amide bonds. The molecule has 0 aliphatic carbocycles. The number of hydrogen-bond donors (Lipinski definition) is 1. The molecule has 0 aromatic heterocycles. The average molecular weight is 250 g/mol. The minimum Gasteiger partial charge on any atom is -0.447 e. The lowest BCUT2D eigenvalue weighted by Crippen LogP contribution is -2.34. The Kier molecular flexibility index (Phi) is 6.22. The normalized spacial score (nSPS) is 10.4. The highest BCUT2D eigenvalue weighted by atomic mass is 16.6. The van der Waals surface area contributed by atoms with Gasteiger partial charge in [0.05, 0.1) is 6.10 Å². The van der Waals surface area contributed by atoms with Gasteiger partial charge in [-0.1, -0.05) is 30.3 Å². The maximum absolute atomic E-state index is 11.9. The standard InChI is InChI=1S/C14H22N2O2/c1-12(2)18-14(17)16(10-6-9-15)11-13-7-4-3-5-8-13/h3-5,7-8,12H,6,9-11,15H2,1-2H3. The lowest BCUT2D eigenvalue weighted by molar-refractivity contribution is 0.0743. The summed E-state index contributed by atoms with van der Waals surface area (Å²) in [6, 6.07) is 9.88. The summed E-state index contributed by atoms with van der Waals surface area (Å²) in [5, 5.41) is 0. The number of benzene rings is 1. The maximum atomic E-state index is 11.9. The molecule has 0 radical (unpaired) electrons. The number of rotatable bonds is 6. The van der Waals surface area contributed by atoms with Crippen LogP contribution >= 0.6 is 0 Å². The van der Waals surface area contributed by atoms with Crippen LogP contribution in [-0.2, 0) is 11.3 Å². The monoisotopic (exact) mass is 250 g/mol. The van der Waals surface area contributed by atoms with Gasteiger partial charge in [0.25, 0.3) is 0 Å². The maximum Gasteiger partial charge on any atom is 0.410 e. The van der Waals surface area contributed by atoms with E-state index in [9.17, 15) is 4.79 Å². The van der Waals surface area contributed by atoms with Gasteiger partial charge in [0.1, 0.15) is 0 Å². The molecule has 0 bridgehead atoms. The van der Waals surface area contributed by atoms with Crippen LogP contribution < -0.4 is 5.73 Å². The summed E-state index contributed by atoms with van der Waals surface area (Å²) < 4.78 is 5.23. The Morgan fingerprint density at radius 3 is 2.56 bits per heavy atom. The van der Waals surface area contributed by atoms with Crippen LogP contribution in [0.1, 0.15) is 25.8 Å². The molecule has 0 heterocycles. The second-order valence-corrected chi connectivity index (χ2v) is 4.48. The number of amides is 1. The molecule has 1 aromatic rings. The quantitative estimate of drug-likeness (QED) is 0.843. The summed E-state index contributed by atoms with van der Waals surface area (Å²) in [4.78, 5) is 13.6. The highest BCUT2D eigenvalue weighted by Gasteiger charge is 2.15. The fourth-order valence-electron chi connectivity index (χ4n) is 1.60. The van der Waals surface area contributed by atoms with Crippen LogP contribution in [0, 0.1) is 0 Å². The lowest BCUT2D eigenvalue weighted by Gasteiger charge is -2.23. The summed E-state index contributed by atoms with van der Waals surface area (Å²) in [6.45, 7) is 5.45. The van der Waals surface area contributed by atoms with E-state index in [1.165, 1.54) is 0 Å². The van der Waals surface area contributed by atoms with Gasteiger partial charge in [-0.15, -0.1) is 0 Å². The molecule has 0 atom stereocenters. The summed E-state index contributed by atoms with van der Waals surface area (Å²) in [6.07, 6.45) is 0.399. The SMILES string of the molecule is CC(C)OC(=O)N(CCCN)Cc1ccccc1. The van der Waals surface area contributed by atoms with E-state index in [0.717, 1.165) is 12.0 Å². The van der Waals surface area contributed by atoms with Gasteiger partial charge in [-0.05, 0) is 32.4 Å². The molecule has 4 nitrogen and oxygen atoms in total. The molecule has 4 heteroatoms. The average Bonchev–Trinajstić information content (AvgIpc) is 2.34. The van der Waals surface area contributed by atoms with Gasteiger partial charge in [-0.25, -0.2) is 4.79 Å². The Morgan fingerprint density at radius 2 is 2.00 bits per heavy atom. The lowest BCUT2D eigenvalue weighted by atomic mass is 10.2. The summed E-state index contributed by atoms with van der Waals surface area (Å²) in [5.74, 6) is 0. The Bertz CT molecular complexity index is 352. The van der Waals surface area contributed by atoms with E-state index in [0.29, 0.717) is 19.6 Å². The summed E-state index contributed by atoms with van der Waals surface area (Å²) >= 11 is 0. The smallest absolute Gasteiger partial charge is 0.410 e. The van der Waals surface area contributed by atoms with Gasteiger partial charge in [0, 0.05) is 13.1 Å². The molecule has 0 unspecified atom stereocenters. The van der Waals surface area contributed by atoms with E-state index in [4.69, 9.17) is 10.5 Å². The van der Waals surface area contributed by atoms with Gasteiger partial charge in [-0.2, -0.15) is 0 Å². The minimum atomic E-state index is -0.276. The van der Waals surface area contributed by atoms with Gasteiger partial charge >= 0.3 is 6.09 Å². The van der Waals surface area contributed by atoms with E-state index in [-0.39, 0.29) is 12.2 Å². The van der Waals surface area contributed by atoms with Gasteiger partial charge in [0.15, 0.2) is 0 Å². The number of nitrogens with two attached hydrogens (primary N) is 1. The van der Waals surface area contributed by atoms with Crippen molar-refractivity contribution >= 4 is 6.09 Å². The molecular formula is C14H22N2O2. The molecule has 0 saturated carbocycles. The zero-order chi connectivity index (χ0) is 13.4. The highest BCUT2D eigenvalue weighted by Crippen LogP contribution is 2.07. The van der Waals surface area contributed by atoms with E-state index in [1.54, 1.807) is 4.90 Å². The second kappa shape index (κ2) is 7.71. The fourth-order valence-corrected chi connectivity index (χ4v) is 1.60. The van der Waals surface area contributed by atoms with Crippen LogP contribution in [0.3, 0.4) is 0 Å².